The molecule has 0 aliphatic rings. The number of nitrogens with one attached hydrogen (secondary N) is 2. The number of hydrogen-bond acceptors (Lipinski definition) is 6. The molecule has 158 valence electrons. The molecule has 2 N–H and O–H groups in total. The number of rotatable bonds is 7. The summed E-state index contributed by atoms with van der Waals surface area (Å²) >= 11 is 0. The van der Waals surface area contributed by atoms with Crippen LogP contribution in [-0.2, 0) is 16.1 Å². The second-order valence-corrected chi connectivity index (χ2v) is 8.52. The number of aromatic amines is 1. The zero-order valence-electron chi connectivity index (χ0n) is 18.2. The summed E-state index contributed by atoms with van der Waals surface area (Å²) in [7, 11) is 0. The van der Waals surface area contributed by atoms with Crippen molar-refractivity contribution in [2.24, 2.45) is 0 Å². The van der Waals surface area contributed by atoms with Crippen LogP contribution in [0, 0.1) is 0 Å². The second-order valence-electron chi connectivity index (χ2n) is 8.52. The quantitative estimate of drug-likeness (QED) is 0.572. The fourth-order valence-corrected chi connectivity index (χ4v) is 3.04. The lowest BCUT2D eigenvalue weighted by Crippen LogP contribution is -2.51. The first-order valence-electron chi connectivity index (χ1n) is 10.1. The molecule has 0 bridgehead atoms. The van der Waals surface area contributed by atoms with Gasteiger partial charge in [0.1, 0.15) is 11.1 Å². The first-order chi connectivity index (χ1) is 14.2. The van der Waals surface area contributed by atoms with Gasteiger partial charge in [-0.05, 0) is 56.0 Å². The lowest BCUT2D eigenvalue weighted by atomic mass is 9.96. The number of aromatic nitrogens is 4. The molecule has 1 atom stereocenters. The Morgan fingerprint density at radius 3 is 2.27 bits per heavy atom. The SMILES string of the molecule is CCC(C)(NCc1ccc(-c2ccccc2-c2nn[nH]n2)cc1)C(=O)OC(C)(C)C. The molecule has 0 fully saturated rings. The molecule has 1 heterocycles. The van der Waals surface area contributed by atoms with E-state index in [1.165, 1.54) is 0 Å². The van der Waals surface area contributed by atoms with Crippen molar-refractivity contribution in [2.75, 3.05) is 0 Å². The molecule has 0 spiro atoms. The third-order valence-electron chi connectivity index (χ3n) is 5.02. The summed E-state index contributed by atoms with van der Waals surface area (Å²) < 4.78 is 5.59. The Hall–Kier alpha value is -3.06. The molecule has 1 unspecified atom stereocenters. The molecule has 7 nitrogen and oxygen atoms in total. The molecule has 0 radical (unpaired) electrons. The van der Waals surface area contributed by atoms with Crippen LogP contribution in [0.3, 0.4) is 0 Å². The first kappa shape index (κ1) is 21.6. The highest BCUT2D eigenvalue weighted by Crippen LogP contribution is 2.29. The molecule has 3 rings (SSSR count). The molecule has 3 aromatic rings. The molecule has 7 heteroatoms. The zero-order chi connectivity index (χ0) is 21.8. The van der Waals surface area contributed by atoms with Gasteiger partial charge in [0.05, 0.1) is 0 Å². The number of benzene rings is 2. The van der Waals surface area contributed by atoms with Crippen LogP contribution in [0.5, 0.6) is 0 Å². The fraction of sp³-hybridized carbons (Fsp3) is 0.391. The Morgan fingerprint density at radius 1 is 1.03 bits per heavy atom. The van der Waals surface area contributed by atoms with Gasteiger partial charge in [0, 0.05) is 12.1 Å². The molecule has 0 amide bonds. The van der Waals surface area contributed by atoms with Crippen molar-refractivity contribution in [2.45, 2.75) is 58.7 Å². The van der Waals surface area contributed by atoms with E-state index in [0.717, 1.165) is 22.3 Å². The van der Waals surface area contributed by atoms with Gasteiger partial charge in [-0.15, -0.1) is 10.2 Å². The van der Waals surface area contributed by atoms with E-state index in [2.05, 4.69) is 50.2 Å². The fourth-order valence-electron chi connectivity index (χ4n) is 3.04. The van der Waals surface area contributed by atoms with E-state index in [1.807, 2.05) is 58.9 Å². The largest absolute Gasteiger partial charge is 0.459 e. The van der Waals surface area contributed by atoms with Crippen LogP contribution in [0.25, 0.3) is 22.5 Å². The van der Waals surface area contributed by atoms with E-state index in [9.17, 15) is 4.79 Å². The number of carbonyl (C=O) groups is 1. The maximum Gasteiger partial charge on any atom is 0.326 e. The summed E-state index contributed by atoms with van der Waals surface area (Å²) in [5.74, 6) is 0.329. The number of ether oxygens (including phenoxy) is 1. The first-order valence-corrected chi connectivity index (χ1v) is 10.1. The summed E-state index contributed by atoms with van der Waals surface area (Å²) in [4.78, 5) is 12.6. The van der Waals surface area contributed by atoms with Crippen molar-refractivity contribution in [3.63, 3.8) is 0 Å². The lowest BCUT2D eigenvalue weighted by Gasteiger charge is -2.31. The van der Waals surface area contributed by atoms with Crippen molar-refractivity contribution in [3.05, 3.63) is 54.1 Å². The van der Waals surface area contributed by atoms with E-state index in [1.54, 1.807) is 0 Å². The van der Waals surface area contributed by atoms with E-state index in [0.29, 0.717) is 18.8 Å². The van der Waals surface area contributed by atoms with Gasteiger partial charge in [-0.25, -0.2) is 0 Å². The number of H-pyrrole nitrogens is 1. The maximum absolute atomic E-state index is 12.6. The Kier molecular flexibility index (Phi) is 6.31. The number of nitrogens with zero attached hydrogens (tertiary/aromatic N) is 3. The van der Waals surface area contributed by atoms with Crippen LogP contribution in [0.4, 0.5) is 0 Å². The third kappa shape index (κ3) is 5.10. The van der Waals surface area contributed by atoms with Crippen LogP contribution in [0.1, 0.15) is 46.6 Å². The molecule has 30 heavy (non-hydrogen) atoms. The average molecular weight is 408 g/mol. The van der Waals surface area contributed by atoms with Gasteiger partial charge < -0.3 is 4.74 Å². The summed E-state index contributed by atoms with van der Waals surface area (Å²) in [6.45, 7) is 10.1. The molecule has 0 saturated heterocycles. The predicted octanol–water partition coefficient (Wildman–Crippen LogP) is 4.13. The minimum atomic E-state index is -0.739. The topological polar surface area (TPSA) is 92.8 Å². The molecule has 0 aliphatic heterocycles. The zero-order valence-corrected chi connectivity index (χ0v) is 18.2. The lowest BCUT2D eigenvalue weighted by molar-refractivity contribution is -0.162. The van der Waals surface area contributed by atoms with Crippen molar-refractivity contribution in [3.8, 4) is 22.5 Å². The van der Waals surface area contributed by atoms with Crippen molar-refractivity contribution >= 4 is 5.97 Å². The minimum absolute atomic E-state index is 0.233. The van der Waals surface area contributed by atoms with Crippen molar-refractivity contribution < 1.29 is 9.53 Å². The Balaban J connectivity index is 1.74. The van der Waals surface area contributed by atoms with E-state index in [-0.39, 0.29) is 5.97 Å². The van der Waals surface area contributed by atoms with Crippen LogP contribution in [0.15, 0.2) is 48.5 Å². The molecule has 2 aromatic carbocycles. The standard InChI is InChI=1S/C23H29N5O2/c1-6-23(5,21(29)30-22(2,3)4)24-15-16-11-13-17(14-12-16)18-9-7-8-10-19(18)20-25-27-28-26-20/h7-14,24H,6,15H2,1-5H3,(H,25,26,27,28). The minimum Gasteiger partial charge on any atom is -0.459 e. The summed E-state index contributed by atoms with van der Waals surface area (Å²) in [6, 6.07) is 16.2. The van der Waals surface area contributed by atoms with Gasteiger partial charge >= 0.3 is 5.97 Å². The summed E-state index contributed by atoms with van der Waals surface area (Å²) in [5.41, 5.74) is 2.84. The maximum atomic E-state index is 12.6. The number of hydrogen-bond donors (Lipinski definition) is 2. The van der Waals surface area contributed by atoms with Gasteiger partial charge in [0.2, 0.25) is 5.82 Å². The highest BCUT2D eigenvalue weighted by Gasteiger charge is 2.35. The van der Waals surface area contributed by atoms with Crippen LogP contribution in [-0.4, -0.2) is 37.7 Å². The summed E-state index contributed by atoms with van der Waals surface area (Å²) in [6.07, 6.45) is 0.637. The Labute approximate surface area is 177 Å². The van der Waals surface area contributed by atoms with Crippen LogP contribution < -0.4 is 5.32 Å². The molecule has 1 aromatic heterocycles. The smallest absolute Gasteiger partial charge is 0.326 e. The molecule has 0 aliphatic carbocycles. The van der Waals surface area contributed by atoms with Gasteiger partial charge in [-0.2, -0.15) is 5.21 Å². The Bertz CT molecular complexity index is 978. The second kappa shape index (κ2) is 8.75. The van der Waals surface area contributed by atoms with E-state index >= 15 is 0 Å². The van der Waals surface area contributed by atoms with E-state index in [4.69, 9.17) is 4.74 Å². The van der Waals surface area contributed by atoms with Crippen molar-refractivity contribution in [1.29, 1.82) is 0 Å². The number of tetrazole rings is 1. The van der Waals surface area contributed by atoms with Crippen LogP contribution in [0.2, 0.25) is 0 Å². The highest BCUT2D eigenvalue weighted by molar-refractivity contribution is 5.81. The third-order valence-corrected chi connectivity index (χ3v) is 5.02. The van der Waals surface area contributed by atoms with Crippen LogP contribution >= 0.6 is 0 Å². The van der Waals surface area contributed by atoms with Crippen molar-refractivity contribution in [1.82, 2.24) is 25.9 Å². The highest BCUT2D eigenvalue weighted by atomic mass is 16.6. The van der Waals surface area contributed by atoms with Gasteiger partial charge in [0.15, 0.2) is 0 Å². The normalized spacial score (nSPS) is 13.6. The Morgan fingerprint density at radius 2 is 1.70 bits per heavy atom. The predicted molar refractivity (Wildman–Crippen MR) is 116 cm³/mol. The van der Waals surface area contributed by atoms with Gasteiger partial charge in [0.25, 0.3) is 0 Å². The van der Waals surface area contributed by atoms with E-state index < -0.39 is 11.1 Å². The number of esters is 1. The van der Waals surface area contributed by atoms with Gasteiger partial charge in [-0.3, -0.25) is 10.1 Å². The summed E-state index contributed by atoms with van der Waals surface area (Å²) in [5, 5.41) is 17.7. The average Bonchev–Trinajstić information content (AvgIpc) is 3.26. The molecule has 0 saturated carbocycles. The number of carbonyl (C=O) groups excluding carboxylic acids is 1. The molecular weight excluding hydrogens is 378 g/mol. The van der Waals surface area contributed by atoms with Gasteiger partial charge in [-0.1, -0.05) is 55.5 Å². The molecular formula is C23H29N5O2. The monoisotopic (exact) mass is 407 g/mol.